The number of nitrogens with one attached hydrogen (secondary N) is 2. The lowest BCUT2D eigenvalue weighted by molar-refractivity contribution is -0.126. The number of rotatable bonds is 7. The topological polar surface area (TPSA) is 97.2 Å². The van der Waals surface area contributed by atoms with Gasteiger partial charge >= 0.3 is 6.09 Å². The normalized spacial score (nSPS) is 13.1. The fourth-order valence-corrected chi connectivity index (χ4v) is 3.13. The second-order valence-corrected chi connectivity index (χ2v) is 6.53. The van der Waals surface area contributed by atoms with E-state index in [-0.39, 0.29) is 18.6 Å². The number of fused-ring (bicyclic) bond motifs is 1. The zero-order chi connectivity index (χ0) is 19.2. The van der Waals surface area contributed by atoms with Gasteiger partial charge in [0.05, 0.1) is 12.0 Å². The number of para-hydroxylation sites is 1. The Bertz CT molecular complexity index is 921. The van der Waals surface area contributed by atoms with Crippen LogP contribution in [-0.2, 0) is 16.0 Å². The van der Waals surface area contributed by atoms with Crippen LogP contribution in [0.5, 0.6) is 0 Å². The van der Waals surface area contributed by atoms with Crippen molar-refractivity contribution in [3.8, 4) is 0 Å². The van der Waals surface area contributed by atoms with E-state index in [0.717, 1.165) is 22.0 Å². The van der Waals surface area contributed by atoms with Gasteiger partial charge in [0.15, 0.2) is 0 Å². The molecule has 0 bridgehead atoms. The van der Waals surface area contributed by atoms with Crippen molar-refractivity contribution < 1.29 is 14.3 Å². The Morgan fingerprint density at radius 2 is 1.81 bits per heavy atom. The summed E-state index contributed by atoms with van der Waals surface area (Å²) in [7, 11) is 0. The zero-order valence-corrected chi connectivity index (χ0v) is 15.1. The maximum atomic E-state index is 12.8. The molecule has 4 N–H and O–H groups in total. The Kier molecular flexibility index (Phi) is 5.76. The summed E-state index contributed by atoms with van der Waals surface area (Å²) in [5.41, 5.74) is 8.10. The van der Waals surface area contributed by atoms with Crippen molar-refractivity contribution in [2.75, 3.05) is 6.61 Å². The van der Waals surface area contributed by atoms with E-state index in [1.165, 1.54) is 0 Å². The number of aromatic nitrogens is 1. The first kappa shape index (κ1) is 18.5. The number of primary amides is 1. The average Bonchev–Trinajstić information content (AvgIpc) is 3.08. The smallest absolute Gasteiger partial charge is 0.404 e. The number of aromatic amines is 1. The van der Waals surface area contributed by atoms with Gasteiger partial charge in [-0.25, -0.2) is 4.79 Å². The Balaban J connectivity index is 1.75. The molecule has 140 valence electrons. The van der Waals surface area contributed by atoms with Gasteiger partial charge in [-0.2, -0.15) is 0 Å². The highest BCUT2D eigenvalue weighted by atomic mass is 16.5. The third-order valence-corrected chi connectivity index (χ3v) is 4.60. The summed E-state index contributed by atoms with van der Waals surface area (Å²) in [6.45, 7) is 1.85. The van der Waals surface area contributed by atoms with Gasteiger partial charge in [0, 0.05) is 17.1 Å². The zero-order valence-electron chi connectivity index (χ0n) is 15.1. The molecule has 1 aromatic heterocycles. The van der Waals surface area contributed by atoms with Crippen LogP contribution in [0.15, 0.2) is 60.8 Å². The summed E-state index contributed by atoms with van der Waals surface area (Å²) >= 11 is 0. The maximum absolute atomic E-state index is 12.8. The Morgan fingerprint density at radius 1 is 1.11 bits per heavy atom. The number of carbonyl (C=O) groups is 2. The molecule has 0 saturated carbocycles. The molecule has 0 radical (unpaired) electrons. The largest absolute Gasteiger partial charge is 0.449 e. The minimum Gasteiger partial charge on any atom is -0.449 e. The highest BCUT2D eigenvalue weighted by Gasteiger charge is 2.23. The third kappa shape index (κ3) is 4.67. The van der Waals surface area contributed by atoms with E-state index in [2.05, 4.69) is 10.3 Å². The van der Waals surface area contributed by atoms with Gasteiger partial charge in [0.25, 0.3) is 0 Å². The van der Waals surface area contributed by atoms with Crippen LogP contribution in [-0.4, -0.2) is 23.6 Å². The molecular weight excluding hydrogens is 342 g/mol. The Hall–Kier alpha value is -3.28. The molecule has 2 aromatic carbocycles. The second-order valence-electron chi connectivity index (χ2n) is 6.53. The van der Waals surface area contributed by atoms with Crippen molar-refractivity contribution in [2.45, 2.75) is 19.4 Å². The Labute approximate surface area is 157 Å². The Morgan fingerprint density at radius 3 is 2.56 bits per heavy atom. The number of benzene rings is 2. The molecule has 6 nitrogen and oxygen atoms in total. The summed E-state index contributed by atoms with van der Waals surface area (Å²) in [6, 6.07) is 17.4. The van der Waals surface area contributed by atoms with Gasteiger partial charge in [-0.15, -0.1) is 0 Å². The van der Waals surface area contributed by atoms with E-state index in [1.54, 1.807) is 0 Å². The van der Waals surface area contributed by atoms with Crippen LogP contribution in [0.1, 0.15) is 24.1 Å². The van der Waals surface area contributed by atoms with Gasteiger partial charge in [-0.05, 0) is 30.5 Å². The minimum atomic E-state index is -0.886. The first-order valence-corrected chi connectivity index (χ1v) is 8.87. The maximum Gasteiger partial charge on any atom is 0.404 e. The highest BCUT2D eigenvalue weighted by molar-refractivity contribution is 5.85. The highest BCUT2D eigenvalue weighted by Crippen LogP contribution is 2.22. The fraction of sp³-hybridized carbons (Fsp3) is 0.238. The predicted molar refractivity (Wildman–Crippen MR) is 104 cm³/mol. The lowest BCUT2D eigenvalue weighted by atomic mass is 9.98. The predicted octanol–water partition coefficient (Wildman–Crippen LogP) is 3.30. The van der Waals surface area contributed by atoms with Gasteiger partial charge in [-0.3, -0.25) is 4.79 Å². The number of hydrogen-bond donors (Lipinski definition) is 3. The van der Waals surface area contributed by atoms with E-state index in [0.29, 0.717) is 6.42 Å². The number of carbonyl (C=O) groups excluding carboxylic acids is 2. The first-order chi connectivity index (χ1) is 13.0. The number of ether oxygens (including phenoxy) is 1. The molecule has 0 aliphatic rings. The molecule has 6 heteroatoms. The number of nitrogens with two attached hydrogens (primary N) is 1. The summed E-state index contributed by atoms with van der Waals surface area (Å²) in [6.07, 6.45) is 1.43. The minimum absolute atomic E-state index is 0.0673. The lowest BCUT2D eigenvalue weighted by Gasteiger charge is -2.20. The van der Waals surface area contributed by atoms with E-state index < -0.39 is 12.0 Å². The van der Waals surface area contributed by atoms with E-state index in [9.17, 15) is 9.59 Å². The number of amides is 2. The molecule has 2 atom stereocenters. The standard InChI is InChI=1S/C21H23N3O3/c1-14(15-7-3-2-4-8-15)24-20(25)17(13-27-21(22)26)11-16-12-23-19-10-6-5-9-18(16)19/h2-10,12,14,17,23H,11,13H2,1H3,(H2,22,26)(H,24,25)/t14-,17+/m0/s1. The number of hydrogen-bond acceptors (Lipinski definition) is 3. The number of H-pyrrole nitrogens is 1. The summed E-state index contributed by atoms with van der Waals surface area (Å²) in [4.78, 5) is 27.1. The van der Waals surface area contributed by atoms with Crippen molar-refractivity contribution >= 4 is 22.9 Å². The molecule has 0 aliphatic carbocycles. The van der Waals surface area contributed by atoms with Crippen molar-refractivity contribution in [3.63, 3.8) is 0 Å². The van der Waals surface area contributed by atoms with E-state index in [4.69, 9.17) is 10.5 Å². The monoisotopic (exact) mass is 365 g/mol. The first-order valence-electron chi connectivity index (χ1n) is 8.87. The third-order valence-electron chi connectivity index (χ3n) is 4.60. The summed E-state index contributed by atoms with van der Waals surface area (Å²) in [5.74, 6) is -0.722. The molecule has 0 aliphatic heterocycles. The summed E-state index contributed by atoms with van der Waals surface area (Å²) < 4.78 is 4.94. The van der Waals surface area contributed by atoms with Crippen LogP contribution in [0.2, 0.25) is 0 Å². The molecular formula is C21H23N3O3. The van der Waals surface area contributed by atoms with Crippen molar-refractivity contribution in [2.24, 2.45) is 11.7 Å². The molecule has 0 unspecified atom stereocenters. The SMILES string of the molecule is C[C@H](NC(=O)[C@@H](COC(N)=O)Cc1c[nH]c2ccccc12)c1ccccc1. The van der Waals surface area contributed by atoms with Gasteiger partial charge in [-0.1, -0.05) is 48.5 Å². The molecule has 0 spiro atoms. The van der Waals surface area contributed by atoms with Crippen molar-refractivity contribution in [1.82, 2.24) is 10.3 Å². The second kappa shape index (κ2) is 8.40. The van der Waals surface area contributed by atoms with Gasteiger partial charge in [0.1, 0.15) is 6.61 Å². The molecule has 3 aromatic rings. The molecule has 2 amide bonds. The quantitative estimate of drug-likeness (QED) is 0.599. The average molecular weight is 365 g/mol. The van der Waals surface area contributed by atoms with Crippen molar-refractivity contribution in [1.29, 1.82) is 0 Å². The van der Waals surface area contributed by atoms with Crippen LogP contribution >= 0.6 is 0 Å². The molecule has 3 rings (SSSR count). The van der Waals surface area contributed by atoms with E-state index >= 15 is 0 Å². The van der Waals surface area contributed by atoms with E-state index in [1.807, 2.05) is 67.7 Å². The molecule has 27 heavy (non-hydrogen) atoms. The fourth-order valence-electron chi connectivity index (χ4n) is 3.13. The van der Waals surface area contributed by atoms with Crippen LogP contribution in [0, 0.1) is 5.92 Å². The molecule has 0 saturated heterocycles. The van der Waals surface area contributed by atoms with Crippen LogP contribution < -0.4 is 11.1 Å². The van der Waals surface area contributed by atoms with Crippen molar-refractivity contribution in [3.05, 3.63) is 71.9 Å². The van der Waals surface area contributed by atoms with Crippen LogP contribution in [0.4, 0.5) is 4.79 Å². The van der Waals surface area contributed by atoms with Gasteiger partial charge in [0.2, 0.25) is 5.91 Å². The lowest BCUT2D eigenvalue weighted by Crippen LogP contribution is -2.37. The molecule has 0 fully saturated rings. The van der Waals surface area contributed by atoms with Crippen LogP contribution in [0.3, 0.4) is 0 Å². The summed E-state index contributed by atoms with van der Waals surface area (Å²) in [5, 5.41) is 4.05. The van der Waals surface area contributed by atoms with Crippen LogP contribution in [0.25, 0.3) is 10.9 Å². The van der Waals surface area contributed by atoms with Gasteiger partial charge < -0.3 is 20.8 Å². The molecule has 1 heterocycles.